The third-order valence-corrected chi connectivity index (χ3v) is 5.16. The number of amides is 2. The number of halogens is 1. The number of ether oxygens (including phenoxy) is 1. The van der Waals surface area contributed by atoms with Gasteiger partial charge in [0.25, 0.3) is 11.8 Å². The summed E-state index contributed by atoms with van der Waals surface area (Å²) in [5.74, 6) is -1.56. The number of rotatable bonds is 4. The minimum Gasteiger partial charge on any atom is -0.465 e. The first kappa shape index (κ1) is 18.4. The standard InChI is InChI=1S/C18H20ClN3O4/c1-3-20-7-9-21(10-8-20)15-14(19)16(23)22(17(15)24)13-6-4-5-12(11-13)18(25)26-2/h4-6,11H,3,7-10H2,1-2H3/p+1. The SMILES string of the molecule is CC[NH+]1CCN(C2=C(Cl)C(=O)N(c3cccc(C(=O)OC)c3)C2=O)CC1. The lowest BCUT2D eigenvalue weighted by Crippen LogP contribution is -3.14. The molecule has 2 heterocycles. The number of piperazine rings is 1. The molecule has 8 heteroatoms. The number of anilines is 1. The normalized spacial score (nSPS) is 18.7. The van der Waals surface area contributed by atoms with E-state index in [4.69, 9.17) is 16.3 Å². The summed E-state index contributed by atoms with van der Waals surface area (Å²) in [6, 6.07) is 6.20. The molecule has 0 bridgehead atoms. The smallest absolute Gasteiger partial charge is 0.337 e. The number of esters is 1. The molecule has 0 aromatic heterocycles. The zero-order chi connectivity index (χ0) is 18.8. The van der Waals surface area contributed by atoms with Gasteiger partial charge in [0, 0.05) is 0 Å². The summed E-state index contributed by atoms with van der Waals surface area (Å²) in [5, 5.41) is -0.0709. The lowest BCUT2D eigenvalue weighted by molar-refractivity contribution is -0.902. The Morgan fingerprint density at radius 3 is 2.54 bits per heavy atom. The summed E-state index contributed by atoms with van der Waals surface area (Å²) in [6.45, 7) is 6.28. The van der Waals surface area contributed by atoms with Crippen LogP contribution in [0.15, 0.2) is 35.0 Å². The van der Waals surface area contributed by atoms with E-state index in [0.29, 0.717) is 18.8 Å². The van der Waals surface area contributed by atoms with E-state index < -0.39 is 17.8 Å². The molecule has 138 valence electrons. The Labute approximate surface area is 156 Å². The van der Waals surface area contributed by atoms with Crippen molar-refractivity contribution in [2.75, 3.05) is 44.7 Å². The number of imide groups is 1. The molecule has 2 aliphatic heterocycles. The molecule has 7 nitrogen and oxygen atoms in total. The second-order valence-electron chi connectivity index (χ2n) is 6.24. The number of nitrogens with one attached hydrogen (secondary N) is 1. The Kier molecular flexibility index (Phi) is 5.29. The Hall–Kier alpha value is -2.38. The summed E-state index contributed by atoms with van der Waals surface area (Å²) in [7, 11) is 1.27. The minimum atomic E-state index is -0.570. The van der Waals surface area contributed by atoms with Crippen LogP contribution < -0.4 is 9.80 Å². The average Bonchev–Trinajstić information content (AvgIpc) is 2.90. The molecule has 1 saturated heterocycles. The number of benzene rings is 1. The fourth-order valence-electron chi connectivity index (χ4n) is 3.29. The van der Waals surface area contributed by atoms with Gasteiger partial charge in [0.15, 0.2) is 0 Å². The number of hydrogen-bond donors (Lipinski definition) is 1. The van der Waals surface area contributed by atoms with Gasteiger partial charge in [-0.2, -0.15) is 0 Å². The van der Waals surface area contributed by atoms with Crippen molar-refractivity contribution in [1.29, 1.82) is 0 Å². The van der Waals surface area contributed by atoms with Gasteiger partial charge >= 0.3 is 5.97 Å². The van der Waals surface area contributed by atoms with Crippen molar-refractivity contribution in [2.45, 2.75) is 6.92 Å². The number of quaternary nitrogens is 1. The summed E-state index contributed by atoms with van der Waals surface area (Å²) >= 11 is 6.23. The van der Waals surface area contributed by atoms with Gasteiger partial charge in [-0.3, -0.25) is 9.59 Å². The molecule has 1 aromatic rings. The molecule has 1 N–H and O–H groups in total. The van der Waals surface area contributed by atoms with Crippen molar-refractivity contribution in [1.82, 2.24) is 4.90 Å². The fraction of sp³-hybridized carbons (Fsp3) is 0.389. The first-order valence-electron chi connectivity index (χ1n) is 8.53. The van der Waals surface area contributed by atoms with E-state index in [9.17, 15) is 14.4 Å². The van der Waals surface area contributed by atoms with Gasteiger partial charge in [-0.1, -0.05) is 17.7 Å². The number of likely N-dealkylation sites (N-methyl/N-ethyl adjacent to an activating group) is 1. The molecule has 0 unspecified atom stereocenters. The molecule has 0 radical (unpaired) electrons. The zero-order valence-corrected chi connectivity index (χ0v) is 15.5. The quantitative estimate of drug-likeness (QED) is 0.590. The predicted octanol–water partition coefficient (Wildman–Crippen LogP) is 0.0172. The van der Waals surface area contributed by atoms with E-state index in [2.05, 4.69) is 6.92 Å². The number of carbonyl (C=O) groups excluding carboxylic acids is 3. The summed E-state index contributed by atoms with van der Waals surface area (Å²) in [5.41, 5.74) is 0.805. The van der Waals surface area contributed by atoms with Crippen LogP contribution in [0, 0.1) is 0 Å². The zero-order valence-electron chi connectivity index (χ0n) is 14.8. The highest BCUT2D eigenvalue weighted by Gasteiger charge is 2.42. The van der Waals surface area contributed by atoms with Crippen LogP contribution in [0.5, 0.6) is 0 Å². The Bertz CT molecular complexity index is 784. The highest BCUT2D eigenvalue weighted by molar-refractivity contribution is 6.52. The van der Waals surface area contributed by atoms with Gasteiger partial charge in [-0.15, -0.1) is 0 Å². The summed E-state index contributed by atoms with van der Waals surface area (Å²) in [4.78, 5) is 41.6. The Balaban J connectivity index is 1.86. The van der Waals surface area contributed by atoms with Crippen molar-refractivity contribution in [3.8, 4) is 0 Å². The maximum Gasteiger partial charge on any atom is 0.337 e. The van der Waals surface area contributed by atoms with E-state index in [1.165, 1.54) is 18.1 Å². The number of carbonyl (C=O) groups is 3. The van der Waals surface area contributed by atoms with Crippen LogP contribution in [0.4, 0.5) is 5.69 Å². The largest absolute Gasteiger partial charge is 0.465 e. The summed E-state index contributed by atoms with van der Waals surface area (Å²) < 4.78 is 4.69. The second kappa shape index (κ2) is 7.47. The predicted molar refractivity (Wildman–Crippen MR) is 96.0 cm³/mol. The van der Waals surface area contributed by atoms with Gasteiger partial charge in [-0.05, 0) is 25.1 Å². The molecule has 0 saturated carbocycles. The van der Waals surface area contributed by atoms with Crippen LogP contribution in [0.2, 0.25) is 0 Å². The van der Waals surface area contributed by atoms with Gasteiger partial charge in [-0.25, -0.2) is 9.69 Å². The van der Waals surface area contributed by atoms with E-state index in [-0.39, 0.29) is 16.3 Å². The maximum absolute atomic E-state index is 12.9. The summed E-state index contributed by atoms with van der Waals surface area (Å²) in [6.07, 6.45) is 0. The molecule has 2 aliphatic rings. The van der Waals surface area contributed by atoms with E-state index in [0.717, 1.165) is 24.5 Å². The molecule has 0 spiro atoms. The van der Waals surface area contributed by atoms with Crippen molar-refractivity contribution in [2.24, 2.45) is 0 Å². The first-order chi connectivity index (χ1) is 12.5. The highest BCUT2D eigenvalue weighted by Crippen LogP contribution is 2.31. The van der Waals surface area contributed by atoms with Crippen molar-refractivity contribution < 1.29 is 24.0 Å². The third kappa shape index (κ3) is 3.20. The average molecular weight is 379 g/mol. The molecule has 1 aromatic carbocycles. The van der Waals surface area contributed by atoms with Crippen molar-refractivity contribution in [3.63, 3.8) is 0 Å². The van der Waals surface area contributed by atoms with E-state index in [1.807, 2.05) is 4.90 Å². The Morgan fingerprint density at radius 2 is 1.92 bits per heavy atom. The molecule has 3 rings (SSSR count). The highest BCUT2D eigenvalue weighted by atomic mass is 35.5. The maximum atomic E-state index is 12.9. The number of methoxy groups -OCH3 is 1. The van der Waals surface area contributed by atoms with Crippen molar-refractivity contribution in [3.05, 3.63) is 40.6 Å². The van der Waals surface area contributed by atoms with E-state index >= 15 is 0 Å². The molecule has 2 amide bonds. The molecular weight excluding hydrogens is 358 g/mol. The third-order valence-electron chi connectivity index (χ3n) is 4.82. The van der Waals surface area contributed by atoms with Crippen LogP contribution in [-0.4, -0.2) is 62.5 Å². The lowest BCUT2D eigenvalue weighted by atomic mass is 10.2. The lowest BCUT2D eigenvalue weighted by Gasteiger charge is -2.33. The van der Waals surface area contributed by atoms with Gasteiger partial charge in [0.1, 0.15) is 10.7 Å². The van der Waals surface area contributed by atoms with E-state index in [1.54, 1.807) is 18.2 Å². The first-order valence-corrected chi connectivity index (χ1v) is 8.91. The van der Waals surface area contributed by atoms with Gasteiger partial charge in [0.05, 0.1) is 51.1 Å². The monoisotopic (exact) mass is 378 g/mol. The van der Waals surface area contributed by atoms with Crippen LogP contribution in [0.3, 0.4) is 0 Å². The number of hydrogen-bond acceptors (Lipinski definition) is 5. The van der Waals surface area contributed by atoms with Crippen LogP contribution in [0.1, 0.15) is 17.3 Å². The minimum absolute atomic E-state index is 0.0709. The molecule has 1 fully saturated rings. The van der Waals surface area contributed by atoms with Crippen LogP contribution in [0.25, 0.3) is 0 Å². The Morgan fingerprint density at radius 1 is 1.23 bits per heavy atom. The molecule has 0 aliphatic carbocycles. The second-order valence-corrected chi connectivity index (χ2v) is 6.62. The fourth-order valence-corrected chi connectivity index (χ4v) is 3.57. The van der Waals surface area contributed by atoms with Crippen LogP contribution in [-0.2, 0) is 14.3 Å². The topological polar surface area (TPSA) is 71.4 Å². The van der Waals surface area contributed by atoms with Crippen LogP contribution >= 0.6 is 11.6 Å². The molecule has 26 heavy (non-hydrogen) atoms. The van der Waals surface area contributed by atoms with Crippen molar-refractivity contribution >= 4 is 35.1 Å². The van der Waals surface area contributed by atoms with Gasteiger partial charge < -0.3 is 14.5 Å². The number of nitrogens with zero attached hydrogens (tertiary/aromatic N) is 2. The molecular formula is C18H21ClN3O4+. The van der Waals surface area contributed by atoms with Gasteiger partial charge in [0.2, 0.25) is 0 Å². The molecule has 0 atom stereocenters.